The number of nitrogens with zero attached hydrogens (tertiary/aromatic N) is 3. The molecule has 2 aromatic heterocycles. The zero-order valence-electron chi connectivity index (χ0n) is 10.6. The number of aromatic hydroxyl groups is 1. The van der Waals surface area contributed by atoms with Gasteiger partial charge in [0.2, 0.25) is 0 Å². The predicted octanol–water partition coefficient (Wildman–Crippen LogP) is 2.94. The van der Waals surface area contributed by atoms with Gasteiger partial charge in [0.25, 0.3) is 0 Å². The monoisotopic (exact) mass is 286 g/mol. The van der Waals surface area contributed by atoms with E-state index in [1.54, 1.807) is 6.07 Å². The summed E-state index contributed by atoms with van der Waals surface area (Å²) < 4.78 is 0. The summed E-state index contributed by atoms with van der Waals surface area (Å²) in [6.45, 7) is 1.88. The Morgan fingerprint density at radius 2 is 1.95 bits per heavy atom. The topological polar surface area (TPSA) is 84.9 Å². The van der Waals surface area contributed by atoms with Crippen LogP contribution in [0.4, 0.5) is 5.82 Å². The van der Waals surface area contributed by atoms with Crippen molar-refractivity contribution in [1.29, 1.82) is 0 Å². The molecule has 0 atom stereocenters. The van der Waals surface area contributed by atoms with Gasteiger partial charge in [0, 0.05) is 5.02 Å². The molecule has 100 valence electrons. The van der Waals surface area contributed by atoms with Gasteiger partial charge in [-0.05, 0) is 24.1 Å². The molecule has 3 rings (SSSR count). The summed E-state index contributed by atoms with van der Waals surface area (Å²) in [5.41, 5.74) is 8.97. The van der Waals surface area contributed by atoms with Crippen LogP contribution in [0, 0.1) is 6.92 Å². The van der Waals surface area contributed by atoms with Crippen LogP contribution in [-0.2, 0) is 0 Å². The summed E-state index contributed by atoms with van der Waals surface area (Å²) in [6.07, 6.45) is 2.69. The molecule has 0 radical (unpaired) electrons. The average Bonchev–Trinajstić information content (AvgIpc) is 2.43. The molecular weight excluding hydrogens is 276 g/mol. The van der Waals surface area contributed by atoms with E-state index in [4.69, 9.17) is 17.3 Å². The Hall–Kier alpha value is -2.40. The van der Waals surface area contributed by atoms with Crippen LogP contribution in [0.1, 0.15) is 5.56 Å². The maximum Gasteiger partial charge on any atom is 0.153 e. The highest BCUT2D eigenvalue weighted by atomic mass is 35.5. The Labute approximate surface area is 120 Å². The van der Waals surface area contributed by atoms with E-state index in [1.807, 2.05) is 19.1 Å². The van der Waals surface area contributed by atoms with Crippen LogP contribution in [-0.4, -0.2) is 20.1 Å². The minimum Gasteiger partial charge on any atom is -0.506 e. The molecule has 2 heterocycles. The highest BCUT2D eigenvalue weighted by Crippen LogP contribution is 2.38. The second-order valence-corrected chi connectivity index (χ2v) is 4.79. The molecule has 0 fully saturated rings. The van der Waals surface area contributed by atoms with Crippen molar-refractivity contribution in [2.45, 2.75) is 6.92 Å². The Bertz CT molecular complexity index is 820. The number of aromatic nitrogens is 3. The van der Waals surface area contributed by atoms with Crippen LogP contribution < -0.4 is 5.73 Å². The lowest BCUT2D eigenvalue weighted by molar-refractivity contribution is 0.475. The van der Waals surface area contributed by atoms with Crippen molar-refractivity contribution in [2.75, 3.05) is 5.73 Å². The third-order valence-corrected chi connectivity index (χ3v) is 3.61. The number of nitrogens with two attached hydrogens (primary N) is 1. The lowest BCUT2D eigenvalue weighted by Gasteiger charge is -2.12. The van der Waals surface area contributed by atoms with Gasteiger partial charge in [-0.2, -0.15) is 0 Å². The summed E-state index contributed by atoms with van der Waals surface area (Å²) in [4.78, 5) is 12.2. The van der Waals surface area contributed by atoms with Gasteiger partial charge < -0.3 is 10.8 Å². The Morgan fingerprint density at radius 1 is 1.15 bits per heavy atom. The fourth-order valence-electron chi connectivity index (χ4n) is 2.16. The van der Waals surface area contributed by atoms with E-state index < -0.39 is 0 Å². The van der Waals surface area contributed by atoms with Gasteiger partial charge in [-0.25, -0.2) is 15.0 Å². The first kappa shape index (κ1) is 12.6. The van der Waals surface area contributed by atoms with Gasteiger partial charge in [-0.3, -0.25) is 0 Å². The van der Waals surface area contributed by atoms with Crippen molar-refractivity contribution >= 4 is 28.5 Å². The molecule has 1 aromatic carbocycles. The SMILES string of the molecule is Cc1c(Cl)cccc1-c1c(O)cnc2c(N)ncnc12. The molecule has 0 bridgehead atoms. The number of benzene rings is 1. The zero-order valence-corrected chi connectivity index (χ0v) is 11.4. The standard InChI is InChI=1S/C14H11ClN4O/c1-7-8(3-2-4-9(7)15)11-10(20)5-17-13-12(11)18-6-19-14(13)16/h2-6,20H,1H3,(H2,16,18,19). The number of pyridine rings is 1. The van der Waals surface area contributed by atoms with Crippen molar-refractivity contribution in [2.24, 2.45) is 0 Å². The minimum atomic E-state index is 0.0287. The molecule has 3 aromatic rings. The summed E-state index contributed by atoms with van der Waals surface area (Å²) in [7, 11) is 0. The number of rotatable bonds is 1. The van der Waals surface area contributed by atoms with Crippen LogP contribution in [0.5, 0.6) is 5.75 Å². The van der Waals surface area contributed by atoms with E-state index in [9.17, 15) is 5.11 Å². The smallest absolute Gasteiger partial charge is 0.153 e. The molecule has 5 nitrogen and oxygen atoms in total. The zero-order chi connectivity index (χ0) is 14.3. The van der Waals surface area contributed by atoms with E-state index >= 15 is 0 Å². The third-order valence-electron chi connectivity index (χ3n) is 3.20. The fourth-order valence-corrected chi connectivity index (χ4v) is 2.33. The second kappa shape index (κ2) is 4.61. The average molecular weight is 287 g/mol. The molecule has 0 amide bonds. The first-order chi connectivity index (χ1) is 9.59. The van der Waals surface area contributed by atoms with Gasteiger partial charge in [0.1, 0.15) is 23.1 Å². The number of nitrogen functional groups attached to an aromatic ring is 1. The largest absolute Gasteiger partial charge is 0.506 e. The molecule has 0 saturated carbocycles. The first-order valence-corrected chi connectivity index (χ1v) is 6.31. The summed E-state index contributed by atoms with van der Waals surface area (Å²) in [5, 5.41) is 10.8. The minimum absolute atomic E-state index is 0.0287. The van der Waals surface area contributed by atoms with Gasteiger partial charge >= 0.3 is 0 Å². The fraction of sp³-hybridized carbons (Fsp3) is 0.0714. The maximum absolute atomic E-state index is 10.2. The molecule has 0 saturated heterocycles. The van der Waals surface area contributed by atoms with E-state index in [0.717, 1.165) is 11.1 Å². The molecule has 6 heteroatoms. The normalized spacial score (nSPS) is 10.9. The van der Waals surface area contributed by atoms with E-state index in [-0.39, 0.29) is 11.6 Å². The van der Waals surface area contributed by atoms with Gasteiger partial charge in [-0.1, -0.05) is 23.7 Å². The second-order valence-electron chi connectivity index (χ2n) is 4.39. The quantitative estimate of drug-likeness (QED) is 0.718. The van der Waals surface area contributed by atoms with Gasteiger partial charge in [0.15, 0.2) is 5.82 Å². The summed E-state index contributed by atoms with van der Waals surface area (Å²) in [5.74, 6) is 0.303. The summed E-state index contributed by atoms with van der Waals surface area (Å²) >= 11 is 6.14. The van der Waals surface area contributed by atoms with Crippen LogP contribution in [0.2, 0.25) is 5.02 Å². The predicted molar refractivity (Wildman–Crippen MR) is 78.6 cm³/mol. The van der Waals surface area contributed by atoms with Crippen molar-refractivity contribution in [3.63, 3.8) is 0 Å². The van der Waals surface area contributed by atoms with Crippen LogP contribution in [0.15, 0.2) is 30.7 Å². The van der Waals surface area contributed by atoms with Crippen LogP contribution in [0.25, 0.3) is 22.2 Å². The van der Waals surface area contributed by atoms with Crippen molar-refractivity contribution in [3.8, 4) is 16.9 Å². The first-order valence-electron chi connectivity index (χ1n) is 5.93. The third kappa shape index (κ3) is 1.83. The number of anilines is 1. The van der Waals surface area contributed by atoms with Crippen molar-refractivity contribution in [3.05, 3.63) is 41.3 Å². The Kier molecular flexibility index (Phi) is 2.91. The van der Waals surface area contributed by atoms with Crippen LogP contribution in [0.3, 0.4) is 0 Å². The van der Waals surface area contributed by atoms with E-state index in [2.05, 4.69) is 15.0 Å². The molecule has 3 N–H and O–H groups in total. The number of hydrogen-bond acceptors (Lipinski definition) is 5. The van der Waals surface area contributed by atoms with Crippen molar-refractivity contribution in [1.82, 2.24) is 15.0 Å². The van der Waals surface area contributed by atoms with E-state index in [0.29, 0.717) is 21.6 Å². The molecule has 0 aliphatic carbocycles. The molecule has 20 heavy (non-hydrogen) atoms. The van der Waals surface area contributed by atoms with Gasteiger partial charge in [0.05, 0.1) is 11.8 Å². The lowest BCUT2D eigenvalue weighted by atomic mass is 9.99. The number of hydrogen-bond donors (Lipinski definition) is 2. The molecular formula is C14H11ClN4O. The molecule has 0 spiro atoms. The van der Waals surface area contributed by atoms with Gasteiger partial charge in [-0.15, -0.1) is 0 Å². The lowest BCUT2D eigenvalue weighted by Crippen LogP contribution is -1.97. The number of fused-ring (bicyclic) bond motifs is 1. The molecule has 0 aliphatic rings. The van der Waals surface area contributed by atoms with Crippen LogP contribution >= 0.6 is 11.6 Å². The highest BCUT2D eigenvalue weighted by Gasteiger charge is 2.16. The summed E-state index contributed by atoms with van der Waals surface area (Å²) in [6, 6.07) is 5.49. The Balaban J connectivity index is 2.44. The Morgan fingerprint density at radius 3 is 2.75 bits per heavy atom. The highest BCUT2D eigenvalue weighted by molar-refractivity contribution is 6.31. The van der Waals surface area contributed by atoms with Crippen molar-refractivity contribution < 1.29 is 5.11 Å². The molecule has 0 aliphatic heterocycles. The maximum atomic E-state index is 10.2. The molecule has 0 unspecified atom stereocenters. The number of halogens is 1. The van der Waals surface area contributed by atoms with E-state index in [1.165, 1.54) is 12.5 Å².